The number of hydrogen-bond acceptors (Lipinski definition) is 21. The summed E-state index contributed by atoms with van der Waals surface area (Å²) in [5.41, 5.74) is 4.85. The summed E-state index contributed by atoms with van der Waals surface area (Å²) < 4.78 is 39.7. The first kappa shape index (κ1) is 53.6. The monoisotopic (exact) mass is 851 g/mol. The van der Waals surface area contributed by atoms with E-state index in [1.54, 1.807) is 0 Å². The predicted octanol–water partition coefficient (Wildman–Crippen LogP) is 1.74. The summed E-state index contributed by atoms with van der Waals surface area (Å²) in [7, 11) is 2.54. The number of hydrogen-bond donors (Lipinski definition) is 1. The van der Waals surface area contributed by atoms with E-state index in [-0.39, 0.29) is 99.4 Å². The maximum atomic E-state index is 11.8. The molecular formula is C36H57N3O20. The standard InChI is InChI=1S/C18H22N2O13.C16H28O7.C2H7N/c1-28-16(25)3-2-8-29-11(9-30-17(26)32-19-12(21)4-5-13(19)22)10-31-18(27)33-20-14(23)6-7-15(20)24;1-4-7-15(18)22-11-13(12-23-16(19)8-5-2)21-10-6-9-14(17)20-3;1-2-3/h11H,2-10H2,1H3;13H,4-12H2,1-3H3;2-3H2,1H3. The third-order valence-electron chi connectivity index (χ3n) is 7.10. The third-order valence-corrected chi connectivity index (χ3v) is 7.10. The Hall–Kier alpha value is -5.42. The zero-order valence-corrected chi connectivity index (χ0v) is 34.2. The zero-order valence-electron chi connectivity index (χ0n) is 34.2. The van der Waals surface area contributed by atoms with Crippen molar-refractivity contribution >= 4 is 59.8 Å². The minimum atomic E-state index is -1.38. The molecule has 2 saturated heterocycles. The molecule has 0 aromatic heterocycles. The van der Waals surface area contributed by atoms with Gasteiger partial charge in [0, 0.05) is 64.6 Å². The van der Waals surface area contributed by atoms with Crippen LogP contribution in [0.15, 0.2) is 0 Å². The lowest BCUT2D eigenvalue weighted by Gasteiger charge is -2.19. The van der Waals surface area contributed by atoms with Gasteiger partial charge in [0.25, 0.3) is 23.6 Å². The smallest absolute Gasteiger partial charge is 0.469 e. The Balaban J connectivity index is 0.00000113. The number of amides is 4. The molecule has 0 aromatic rings. The lowest BCUT2D eigenvalue weighted by Crippen LogP contribution is -2.36. The van der Waals surface area contributed by atoms with Crippen LogP contribution in [-0.4, -0.2) is 143 Å². The molecule has 2 N–H and O–H groups in total. The quantitative estimate of drug-likeness (QED) is 0.0626. The summed E-state index contributed by atoms with van der Waals surface area (Å²) in [5.74, 6) is -4.22. The van der Waals surface area contributed by atoms with Gasteiger partial charge in [-0.25, -0.2) is 9.59 Å². The second-order valence-corrected chi connectivity index (χ2v) is 12.1. The Morgan fingerprint density at radius 2 is 0.831 bits per heavy atom. The highest BCUT2D eigenvalue weighted by Crippen LogP contribution is 2.14. The molecule has 0 aromatic carbocycles. The molecule has 336 valence electrons. The Bertz CT molecular complexity index is 1270. The number of hydroxylamine groups is 4. The molecule has 0 atom stereocenters. The molecule has 0 unspecified atom stereocenters. The number of nitrogens with zero attached hydrogens (tertiary/aromatic N) is 2. The maximum absolute atomic E-state index is 11.8. The fraction of sp³-hybridized carbons (Fsp3) is 0.722. The van der Waals surface area contributed by atoms with Crippen LogP contribution in [-0.2, 0) is 85.9 Å². The van der Waals surface area contributed by atoms with Gasteiger partial charge in [0.15, 0.2) is 0 Å². The molecule has 0 bridgehead atoms. The average molecular weight is 852 g/mol. The molecule has 0 saturated carbocycles. The second kappa shape index (κ2) is 32.5. The van der Waals surface area contributed by atoms with E-state index < -0.39 is 67.3 Å². The molecule has 59 heavy (non-hydrogen) atoms. The van der Waals surface area contributed by atoms with Crippen molar-refractivity contribution in [3.8, 4) is 0 Å². The number of carbonyl (C=O) groups is 10. The van der Waals surface area contributed by atoms with Gasteiger partial charge in [-0.1, -0.05) is 30.9 Å². The van der Waals surface area contributed by atoms with E-state index in [0.29, 0.717) is 32.1 Å². The van der Waals surface area contributed by atoms with Gasteiger partial charge in [0.2, 0.25) is 0 Å². The highest BCUT2D eigenvalue weighted by molar-refractivity contribution is 6.02. The Morgan fingerprint density at radius 3 is 1.12 bits per heavy atom. The molecule has 0 radical (unpaired) electrons. The van der Waals surface area contributed by atoms with Gasteiger partial charge < -0.3 is 43.6 Å². The van der Waals surface area contributed by atoms with Crippen LogP contribution in [0.3, 0.4) is 0 Å². The maximum Gasteiger partial charge on any atom is 0.534 e. The highest BCUT2D eigenvalue weighted by atomic mass is 16.8. The van der Waals surface area contributed by atoms with E-state index in [1.807, 2.05) is 20.8 Å². The van der Waals surface area contributed by atoms with Crippen molar-refractivity contribution in [2.24, 2.45) is 5.73 Å². The summed E-state index contributed by atoms with van der Waals surface area (Å²) in [5, 5.41) is 0.568. The topological polar surface area (TPSA) is 295 Å². The van der Waals surface area contributed by atoms with Crippen LogP contribution in [0.2, 0.25) is 0 Å². The molecule has 2 heterocycles. The van der Waals surface area contributed by atoms with E-state index in [1.165, 1.54) is 14.2 Å². The first-order valence-corrected chi connectivity index (χ1v) is 18.9. The number of methoxy groups -OCH3 is 2. The number of nitrogens with two attached hydrogens (primary N) is 1. The van der Waals surface area contributed by atoms with Gasteiger partial charge in [0.1, 0.15) is 38.6 Å². The highest BCUT2D eigenvalue weighted by Gasteiger charge is 2.35. The number of imide groups is 2. The number of carbonyl (C=O) groups excluding carboxylic acids is 10. The minimum absolute atomic E-state index is 0.0243. The van der Waals surface area contributed by atoms with E-state index in [4.69, 9.17) is 34.2 Å². The number of ether oxygens (including phenoxy) is 8. The predicted molar refractivity (Wildman–Crippen MR) is 195 cm³/mol. The first-order valence-electron chi connectivity index (χ1n) is 18.9. The van der Waals surface area contributed by atoms with Crippen molar-refractivity contribution in [1.82, 2.24) is 10.1 Å². The van der Waals surface area contributed by atoms with Gasteiger partial charge >= 0.3 is 36.2 Å². The minimum Gasteiger partial charge on any atom is -0.469 e. The molecule has 2 aliphatic heterocycles. The van der Waals surface area contributed by atoms with Crippen molar-refractivity contribution in [2.45, 2.75) is 110 Å². The van der Waals surface area contributed by atoms with E-state index in [0.717, 1.165) is 6.54 Å². The van der Waals surface area contributed by atoms with E-state index in [9.17, 15) is 47.9 Å². The van der Waals surface area contributed by atoms with Crippen molar-refractivity contribution in [2.75, 3.05) is 60.4 Å². The molecular weight excluding hydrogens is 794 g/mol. The fourth-order valence-corrected chi connectivity index (χ4v) is 4.19. The molecule has 0 aliphatic carbocycles. The normalized spacial score (nSPS) is 13.2. The van der Waals surface area contributed by atoms with Crippen LogP contribution in [0.1, 0.15) is 97.8 Å². The molecule has 4 amide bonds. The Labute approximate surface area is 341 Å². The van der Waals surface area contributed by atoms with Gasteiger partial charge in [-0.15, -0.1) is 0 Å². The average Bonchev–Trinajstić information content (AvgIpc) is 3.70. The van der Waals surface area contributed by atoms with Crippen molar-refractivity contribution in [3.05, 3.63) is 0 Å². The summed E-state index contributed by atoms with van der Waals surface area (Å²) in [6, 6.07) is 0. The SMILES string of the molecule is CCCC(=O)OCC(COC(=O)CCC)OCCCC(=O)OC.CCN.COC(=O)CCCOC(COC(=O)ON1C(=O)CCC1=O)COC(=O)ON1C(=O)CCC1=O. The van der Waals surface area contributed by atoms with Crippen LogP contribution >= 0.6 is 0 Å². The molecule has 2 fully saturated rings. The first-order chi connectivity index (χ1) is 28.1. The number of rotatable bonds is 24. The van der Waals surface area contributed by atoms with Crippen LogP contribution < -0.4 is 5.73 Å². The van der Waals surface area contributed by atoms with E-state index >= 15 is 0 Å². The van der Waals surface area contributed by atoms with E-state index in [2.05, 4.69) is 19.1 Å². The molecule has 2 aliphatic rings. The Kier molecular flexibility index (Phi) is 29.5. The molecule has 0 spiro atoms. The second-order valence-electron chi connectivity index (χ2n) is 12.1. The lowest BCUT2D eigenvalue weighted by molar-refractivity contribution is -0.179. The fourth-order valence-electron chi connectivity index (χ4n) is 4.19. The molecule has 23 heteroatoms. The van der Waals surface area contributed by atoms with Crippen LogP contribution in [0.4, 0.5) is 9.59 Å². The zero-order chi connectivity index (χ0) is 44.6. The van der Waals surface area contributed by atoms with Crippen LogP contribution in [0, 0.1) is 0 Å². The summed E-state index contributed by atoms with van der Waals surface area (Å²) in [6.07, 6.45) is -1.71. The van der Waals surface area contributed by atoms with Crippen molar-refractivity contribution in [3.63, 3.8) is 0 Å². The lowest BCUT2D eigenvalue weighted by atomic mass is 10.3. The molecule has 2 rings (SSSR count). The van der Waals surface area contributed by atoms with Gasteiger partial charge in [-0.05, 0) is 32.2 Å². The van der Waals surface area contributed by atoms with Crippen molar-refractivity contribution < 1.29 is 95.5 Å². The third kappa shape index (κ3) is 25.5. The van der Waals surface area contributed by atoms with Crippen LogP contribution in [0.5, 0.6) is 0 Å². The Morgan fingerprint density at radius 1 is 0.525 bits per heavy atom. The summed E-state index contributed by atoms with van der Waals surface area (Å²) in [4.78, 5) is 123. The number of esters is 4. The van der Waals surface area contributed by atoms with Gasteiger partial charge in [-0.2, -0.15) is 0 Å². The summed E-state index contributed by atoms with van der Waals surface area (Å²) >= 11 is 0. The summed E-state index contributed by atoms with van der Waals surface area (Å²) in [6.45, 7) is 5.65. The largest absolute Gasteiger partial charge is 0.534 e. The molecule has 23 nitrogen and oxygen atoms in total. The van der Waals surface area contributed by atoms with Gasteiger partial charge in [0.05, 0.1) is 14.2 Å². The van der Waals surface area contributed by atoms with Crippen LogP contribution in [0.25, 0.3) is 0 Å². The van der Waals surface area contributed by atoms with Crippen molar-refractivity contribution in [1.29, 1.82) is 0 Å². The van der Waals surface area contributed by atoms with Gasteiger partial charge in [-0.3, -0.25) is 48.0 Å².